The molecule has 5 heteroatoms. The second kappa shape index (κ2) is 3.96. The molecular weight excluding hydrogens is 213 g/mol. The molecule has 0 heterocycles. The number of nitrogens with two attached hydrogens (primary N) is 1. The predicted octanol–water partition coefficient (Wildman–Crippen LogP) is 2.08. The lowest BCUT2D eigenvalue weighted by molar-refractivity contribution is -0.138. The highest BCUT2D eigenvalue weighted by Gasteiger charge is 2.17. The van der Waals surface area contributed by atoms with E-state index in [0.29, 0.717) is 15.6 Å². The van der Waals surface area contributed by atoms with Crippen molar-refractivity contribution in [2.75, 3.05) is 0 Å². The molecule has 3 N–H and O–H groups in total. The van der Waals surface area contributed by atoms with Crippen LogP contribution in [-0.4, -0.2) is 11.1 Å². The second-order valence-corrected chi connectivity index (χ2v) is 3.33. The highest BCUT2D eigenvalue weighted by atomic mass is 35.5. The van der Waals surface area contributed by atoms with Gasteiger partial charge in [-0.15, -0.1) is 0 Å². The summed E-state index contributed by atoms with van der Waals surface area (Å²) in [6.45, 7) is 0. The Kier molecular flexibility index (Phi) is 3.14. The molecule has 0 saturated heterocycles. The first-order valence-corrected chi connectivity index (χ1v) is 4.21. The van der Waals surface area contributed by atoms with Crippen LogP contribution in [0, 0.1) is 0 Å². The monoisotopic (exact) mass is 219 g/mol. The van der Waals surface area contributed by atoms with Gasteiger partial charge < -0.3 is 10.8 Å². The molecule has 0 amide bonds. The van der Waals surface area contributed by atoms with Gasteiger partial charge in [0.15, 0.2) is 0 Å². The molecule has 13 heavy (non-hydrogen) atoms. The molecule has 1 aromatic carbocycles. The van der Waals surface area contributed by atoms with E-state index >= 15 is 0 Å². The molecule has 0 spiro atoms. The summed E-state index contributed by atoms with van der Waals surface area (Å²) >= 11 is 11.4. The Morgan fingerprint density at radius 3 is 2.62 bits per heavy atom. The Bertz CT molecular complexity index is 341. The third-order valence-electron chi connectivity index (χ3n) is 1.56. The van der Waals surface area contributed by atoms with Crippen LogP contribution < -0.4 is 5.73 Å². The predicted molar refractivity (Wildman–Crippen MR) is 51.0 cm³/mol. The second-order valence-electron chi connectivity index (χ2n) is 2.48. The molecule has 0 saturated carbocycles. The molecule has 0 aromatic heterocycles. The lowest BCUT2D eigenvalue weighted by Crippen LogP contribution is -2.20. The van der Waals surface area contributed by atoms with E-state index in [4.69, 9.17) is 34.0 Å². The van der Waals surface area contributed by atoms with Gasteiger partial charge in [-0.2, -0.15) is 0 Å². The van der Waals surface area contributed by atoms with Crippen LogP contribution in [0.4, 0.5) is 0 Å². The maximum absolute atomic E-state index is 10.5. The SMILES string of the molecule is N[C@@H](C(=O)O)c1cc(Cl)ccc1Cl. The Hall–Kier alpha value is -0.770. The average Bonchev–Trinajstić information content (AvgIpc) is 2.08. The van der Waals surface area contributed by atoms with Gasteiger partial charge in [0.2, 0.25) is 0 Å². The fourth-order valence-electron chi connectivity index (χ4n) is 0.886. The Labute approximate surface area is 85.1 Å². The highest BCUT2D eigenvalue weighted by Crippen LogP contribution is 2.25. The quantitative estimate of drug-likeness (QED) is 0.801. The molecule has 0 aliphatic carbocycles. The van der Waals surface area contributed by atoms with Crippen molar-refractivity contribution in [3.63, 3.8) is 0 Å². The first-order valence-electron chi connectivity index (χ1n) is 3.45. The largest absolute Gasteiger partial charge is 0.480 e. The number of carboxylic acid groups (broad SMARTS) is 1. The zero-order valence-electron chi connectivity index (χ0n) is 6.50. The number of hydrogen-bond donors (Lipinski definition) is 2. The van der Waals surface area contributed by atoms with Gasteiger partial charge in [-0.3, -0.25) is 4.79 Å². The number of rotatable bonds is 2. The number of hydrogen-bond acceptors (Lipinski definition) is 2. The summed E-state index contributed by atoms with van der Waals surface area (Å²) in [7, 11) is 0. The van der Waals surface area contributed by atoms with Gasteiger partial charge in [0, 0.05) is 15.6 Å². The van der Waals surface area contributed by atoms with E-state index in [1.54, 1.807) is 6.07 Å². The van der Waals surface area contributed by atoms with Crippen molar-refractivity contribution in [2.24, 2.45) is 5.73 Å². The zero-order chi connectivity index (χ0) is 10.0. The first-order chi connectivity index (χ1) is 6.02. The molecular formula is C8H7Cl2NO2. The molecule has 0 fully saturated rings. The van der Waals surface area contributed by atoms with Crippen molar-refractivity contribution in [3.05, 3.63) is 33.8 Å². The van der Waals surface area contributed by atoms with Crippen molar-refractivity contribution in [1.29, 1.82) is 0 Å². The van der Waals surface area contributed by atoms with Crippen LogP contribution in [-0.2, 0) is 4.79 Å². The number of carboxylic acids is 1. The molecule has 0 bridgehead atoms. The minimum Gasteiger partial charge on any atom is -0.480 e. The zero-order valence-corrected chi connectivity index (χ0v) is 8.01. The van der Waals surface area contributed by atoms with Crippen LogP contribution in [0.2, 0.25) is 10.0 Å². The Morgan fingerprint density at radius 2 is 2.08 bits per heavy atom. The Balaban J connectivity index is 3.12. The minimum atomic E-state index is -1.14. The normalized spacial score (nSPS) is 12.5. The average molecular weight is 220 g/mol. The van der Waals surface area contributed by atoms with Crippen molar-refractivity contribution in [1.82, 2.24) is 0 Å². The van der Waals surface area contributed by atoms with Gasteiger partial charge in [-0.05, 0) is 18.2 Å². The topological polar surface area (TPSA) is 63.3 Å². The highest BCUT2D eigenvalue weighted by molar-refractivity contribution is 6.33. The van der Waals surface area contributed by atoms with Gasteiger partial charge in [-0.25, -0.2) is 0 Å². The van der Waals surface area contributed by atoms with Crippen LogP contribution in [0.25, 0.3) is 0 Å². The van der Waals surface area contributed by atoms with E-state index in [9.17, 15) is 4.79 Å². The van der Waals surface area contributed by atoms with E-state index in [-0.39, 0.29) is 0 Å². The molecule has 1 atom stereocenters. The molecule has 0 aliphatic rings. The van der Waals surface area contributed by atoms with E-state index in [0.717, 1.165) is 0 Å². The summed E-state index contributed by atoms with van der Waals surface area (Å²) in [5, 5.41) is 9.34. The van der Waals surface area contributed by atoms with Crippen LogP contribution in [0.15, 0.2) is 18.2 Å². The summed E-state index contributed by atoms with van der Waals surface area (Å²) < 4.78 is 0. The van der Waals surface area contributed by atoms with Gasteiger partial charge in [0.05, 0.1) is 0 Å². The van der Waals surface area contributed by atoms with E-state index in [2.05, 4.69) is 0 Å². The molecule has 3 nitrogen and oxygen atoms in total. The lowest BCUT2D eigenvalue weighted by atomic mass is 10.1. The maximum Gasteiger partial charge on any atom is 0.325 e. The number of carbonyl (C=O) groups is 1. The standard InChI is InChI=1S/C8H7Cl2NO2/c9-4-1-2-6(10)5(3-4)7(11)8(12)13/h1-3,7H,11H2,(H,12,13)/t7-/m1/s1. The van der Waals surface area contributed by atoms with Crippen LogP contribution >= 0.6 is 23.2 Å². The summed E-state index contributed by atoms with van der Waals surface area (Å²) in [4.78, 5) is 10.5. The molecule has 70 valence electrons. The smallest absolute Gasteiger partial charge is 0.325 e. The molecule has 0 radical (unpaired) electrons. The Morgan fingerprint density at radius 1 is 1.46 bits per heavy atom. The van der Waals surface area contributed by atoms with Crippen LogP contribution in [0.3, 0.4) is 0 Å². The van der Waals surface area contributed by atoms with Gasteiger partial charge in [0.25, 0.3) is 0 Å². The fourth-order valence-corrected chi connectivity index (χ4v) is 1.30. The molecule has 1 rings (SSSR count). The van der Waals surface area contributed by atoms with Gasteiger partial charge in [-0.1, -0.05) is 23.2 Å². The number of aliphatic carboxylic acids is 1. The van der Waals surface area contributed by atoms with Gasteiger partial charge >= 0.3 is 5.97 Å². The summed E-state index contributed by atoms with van der Waals surface area (Å²) in [5.41, 5.74) is 5.69. The third-order valence-corrected chi connectivity index (χ3v) is 2.14. The molecule has 0 aliphatic heterocycles. The van der Waals surface area contributed by atoms with Crippen molar-refractivity contribution < 1.29 is 9.90 Å². The summed E-state index contributed by atoms with van der Waals surface area (Å²) in [5.74, 6) is -1.14. The van der Waals surface area contributed by atoms with Crippen molar-refractivity contribution in [2.45, 2.75) is 6.04 Å². The van der Waals surface area contributed by atoms with E-state index in [1.807, 2.05) is 0 Å². The van der Waals surface area contributed by atoms with E-state index in [1.165, 1.54) is 12.1 Å². The van der Waals surface area contributed by atoms with Crippen LogP contribution in [0.1, 0.15) is 11.6 Å². The molecule has 0 unspecified atom stereocenters. The van der Waals surface area contributed by atoms with E-state index < -0.39 is 12.0 Å². The first kappa shape index (κ1) is 10.3. The maximum atomic E-state index is 10.5. The fraction of sp³-hybridized carbons (Fsp3) is 0.125. The van der Waals surface area contributed by atoms with Crippen molar-refractivity contribution in [3.8, 4) is 0 Å². The minimum absolute atomic E-state index is 0.305. The van der Waals surface area contributed by atoms with Crippen molar-refractivity contribution >= 4 is 29.2 Å². The summed E-state index contributed by atoms with van der Waals surface area (Å²) in [6, 6.07) is 3.40. The van der Waals surface area contributed by atoms with Crippen LogP contribution in [0.5, 0.6) is 0 Å². The number of halogens is 2. The lowest BCUT2D eigenvalue weighted by Gasteiger charge is -2.08. The summed E-state index contributed by atoms with van der Waals surface area (Å²) in [6.07, 6.45) is 0. The van der Waals surface area contributed by atoms with Gasteiger partial charge in [0.1, 0.15) is 6.04 Å². The molecule has 1 aromatic rings. The number of benzene rings is 1. The third kappa shape index (κ3) is 2.34.